The molecule has 0 unspecified atom stereocenters. The number of amides is 1. The molecule has 1 amide bonds. The van der Waals surface area contributed by atoms with Crippen molar-refractivity contribution in [3.8, 4) is 0 Å². The molecule has 8 heteroatoms. The van der Waals surface area contributed by atoms with Gasteiger partial charge in [-0.05, 0) is 51.3 Å². The Kier molecular flexibility index (Phi) is 9.35. The first-order valence-corrected chi connectivity index (χ1v) is 10.7. The summed E-state index contributed by atoms with van der Waals surface area (Å²) in [6.07, 6.45) is 3.17. The molecule has 6 nitrogen and oxygen atoms in total. The average Bonchev–Trinajstić information content (AvgIpc) is 2.94. The van der Waals surface area contributed by atoms with Gasteiger partial charge in [-0.2, -0.15) is 0 Å². The average molecular weight is 527 g/mol. The second kappa shape index (κ2) is 11.5. The van der Waals surface area contributed by atoms with Crippen molar-refractivity contribution >= 4 is 52.9 Å². The standard InChI is InChI=1S/C21H29N5OS.HI/c1-4-22-21(24-13-19-25-14(2)15(3)28-19)23-12-16-7-5-10-18(11-16)26-20(27)17-8-6-9-17;/h5,7,10-11,17H,4,6,8-9,12-13H2,1-3H3,(H,26,27)(H2,22,23,24);1H. The zero-order valence-electron chi connectivity index (χ0n) is 17.2. The van der Waals surface area contributed by atoms with Gasteiger partial charge in [-0.25, -0.2) is 9.98 Å². The van der Waals surface area contributed by atoms with Crippen LogP contribution in [-0.2, 0) is 17.9 Å². The van der Waals surface area contributed by atoms with Crippen LogP contribution >= 0.6 is 35.3 Å². The van der Waals surface area contributed by atoms with Crippen LogP contribution in [0.1, 0.15) is 47.3 Å². The summed E-state index contributed by atoms with van der Waals surface area (Å²) in [7, 11) is 0. The highest BCUT2D eigenvalue weighted by Crippen LogP contribution is 2.27. The number of halogens is 1. The maximum atomic E-state index is 12.1. The number of aryl methyl sites for hydroxylation is 2. The Morgan fingerprint density at radius 2 is 2.07 bits per heavy atom. The Labute approximate surface area is 194 Å². The Bertz CT molecular complexity index is 828. The van der Waals surface area contributed by atoms with Gasteiger partial charge in [0.2, 0.25) is 5.91 Å². The second-order valence-corrected chi connectivity index (χ2v) is 8.40. The van der Waals surface area contributed by atoms with Crippen LogP contribution in [0.2, 0.25) is 0 Å². The third-order valence-electron chi connectivity index (χ3n) is 4.91. The molecule has 1 aliphatic carbocycles. The summed E-state index contributed by atoms with van der Waals surface area (Å²) in [4.78, 5) is 22.6. The molecule has 0 bridgehead atoms. The maximum Gasteiger partial charge on any atom is 0.227 e. The van der Waals surface area contributed by atoms with E-state index in [1.807, 2.05) is 38.1 Å². The largest absolute Gasteiger partial charge is 0.357 e. The number of nitrogens with zero attached hydrogens (tertiary/aromatic N) is 2. The number of hydrogen-bond acceptors (Lipinski definition) is 4. The second-order valence-electron chi connectivity index (χ2n) is 7.12. The monoisotopic (exact) mass is 527 g/mol. The zero-order chi connectivity index (χ0) is 19.9. The number of nitrogens with one attached hydrogen (secondary N) is 3. The molecular formula is C21H30IN5OS. The van der Waals surface area contributed by atoms with Crippen molar-refractivity contribution in [2.75, 3.05) is 11.9 Å². The van der Waals surface area contributed by atoms with Crippen molar-refractivity contribution < 1.29 is 4.79 Å². The first-order chi connectivity index (χ1) is 13.5. The molecule has 1 fully saturated rings. The molecule has 0 radical (unpaired) electrons. The normalized spacial score (nSPS) is 14.0. The van der Waals surface area contributed by atoms with Gasteiger partial charge in [-0.3, -0.25) is 4.79 Å². The van der Waals surface area contributed by atoms with Crippen LogP contribution in [0.5, 0.6) is 0 Å². The quantitative estimate of drug-likeness (QED) is 0.284. The van der Waals surface area contributed by atoms with Gasteiger partial charge in [0.25, 0.3) is 0 Å². The van der Waals surface area contributed by atoms with Crippen LogP contribution < -0.4 is 16.0 Å². The number of guanidine groups is 1. The first kappa shape index (κ1) is 23.6. The molecular weight excluding hydrogens is 497 g/mol. The molecule has 1 saturated carbocycles. The van der Waals surface area contributed by atoms with Gasteiger partial charge >= 0.3 is 0 Å². The molecule has 0 spiro atoms. The number of carbonyl (C=O) groups is 1. The summed E-state index contributed by atoms with van der Waals surface area (Å²) in [6.45, 7) is 8.16. The minimum atomic E-state index is 0. The van der Waals surface area contributed by atoms with Gasteiger partial charge in [0.05, 0.1) is 18.8 Å². The topological polar surface area (TPSA) is 78.4 Å². The number of aliphatic imine (C=N–C) groups is 1. The van der Waals surface area contributed by atoms with E-state index < -0.39 is 0 Å². The summed E-state index contributed by atoms with van der Waals surface area (Å²) in [6, 6.07) is 7.92. The van der Waals surface area contributed by atoms with Crippen molar-refractivity contribution in [2.24, 2.45) is 10.9 Å². The van der Waals surface area contributed by atoms with E-state index in [9.17, 15) is 4.79 Å². The van der Waals surface area contributed by atoms with E-state index in [4.69, 9.17) is 0 Å². The molecule has 2 aromatic rings. The molecule has 0 atom stereocenters. The van der Waals surface area contributed by atoms with E-state index in [2.05, 4.69) is 32.9 Å². The van der Waals surface area contributed by atoms with E-state index >= 15 is 0 Å². The van der Waals surface area contributed by atoms with Crippen LogP contribution in [0, 0.1) is 19.8 Å². The number of aromatic nitrogens is 1. The molecule has 1 aromatic carbocycles. The summed E-state index contributed by atoms with van der Waals surface area (Å²) < 4.78 is 0. The Hall–Kier alpha value is -1.68. The zero-order valence-corrected chi connectivity index (χ0v) is 20.4. The Morgan fingerprint density at radius 3 is 2.69 bits per heavy atom. The Balaban J connectivity index is 0.00000300. The molecule has 158 valence electrons. The highest BCUT2D eigenvalue weighted by atomic mass is 127. The molecule has 0 aliphatic heterocycles. The van der Waals surface area contributed by atoms with Gasteiger partial charge in [-0.15, -0.1) is 35.3 Å². The third-order valence-corrected chi connectivity index (χ3v) is 5.99. The Morgan fingerprint density at radius 1 is 1.28 bits per heavy atom. The highest BCUT2D eigenvalue weighted by Gasteiger charge is 2.25. The predicted octanol–water partition coefficient (Wildman–Crippen LogP) is 4.37. The lowest BCUT2D eigenvalue weighted by atomic mass is 9.85. The van der Waals surface area contributed by atoms with Gasteiger partial charge in [0, 0.05) is 23.0 Å². The van der Waals surface area contributed by atoms with Crippen LogP contribution in [0.4, 0.5) is 5.69 Å². The summed E-state index contributed by atoms with van der Waals surface area (Å²) >= 11 is 1.71. The van der Waals surface area contributed by atoms with E-state index in [0.29, 0.717) is 13.1 Å². The fraction of sp³-hybridized carbons (Fsp3) is 0.476. The number of hydrogen-bond donors (Lipinski definition) is 3. The number of rotatable bonds is 7. The molecule has 1 aliphatic rings. The fourth-order valence-electron chi connectivity index (χ4n) is 2.95. The lowest BCUT2D eigenvalue weighted by Crippen LogP contribution is -2.36. The lowest BCUT2D eigenvalue weighted by molar-refractivity contribution is -0.122. The number of carbonyl (C=O) groups excluding carboxylic acids is 1. The van der Waals surface area contributed by atoms with Crippen molar-refractivity contribution in [3.63, 3.8) is 0 Å². The fourth-order valence-corrected chi connectivity index (χ4v) is 3.82. The smallest absolute Gasteiger partial charge is 0.227 e. The molecule has 0 saturated heterocycles. The van der Waals surface area contributed by atoms with Crippen LogP contribution in [0.15, 0.2) is 29.3 Å². The minimum Gasteiger partial charge on any atom is -0.357 e. The lowest BCUT2D eigenvalue weighted by Gasteiger charge is -2.24. The minimum absolute atomic E-state index is 0. The van der Waals surface area contributed by atoms with E-state index in [1.165, 1.54) is 4.88 Å². The SMILES string of the molecule is CCNC(=NCc1cccc(NC(=O)C2CCC2)c1)NCc1nc(C)c(C)s1.I. The molecule has 29 heavy (non-hydrogen) atoms. The van der Waals surface area contributed by atoms with E-state index in [1.54, 1.807) is 11.3 Å². The van der Waals surface area contributed by atoms with E-state index in [-0.39, 0.29) is 35.8 Å². The van der Waals surface area contributed by atoms with Crippen molar-refractivity contribution in [3.05, 3.63) is 45.4 Å². The van der Waals surface area contributed by atoms with Gasteiger partial charge in [0.1, 0.15) is 5.01 Å². The summed E-state index contributed by atoms with van der Waals surface area (Å²) in [5.41, 5.74) is 2.99. The molecule has 3 N–H and O–H groups in total. The highest BCUT2D eigenvalue weighted by molar-refractivity contribution is 14.0. The maximum absolute atomic E-state index is 12.1. The number of anilines is 1. The van der Waals surface area contributed by atoms with Gasteiger partial charge < -0.3 is 16.0 Å². The van der Waals surface area contributed by atoms with Crippen LogP contribution in [0.25, 0.3) is 0 Å². The molecule has 1 aromatic heterocycles. The van der Waals surface area contributed by atoms with Crippen LogP contribution in [-0.4, -0.2) is 23.4 Å². The number of benzene rings is 1. The van der Waals surface area contributed by atoms with Crippen LogP contribution in [0.3, 0.4) is 0 Å². The van der Waals surface area contributed by atoms with E-state index in [0.717, 1.165) is 53.7 Å². The van der Waals surface area contributed by atoms with Crippen molar-refractivity contribution in [2.45, 2.75) is 53.1 Å². The summed E-state index contributed by atoms with van der Waals surface area (Å²) in [5.74, 6) is 1.08. The van der Waals surface area contributed by atoms with Crippen molar-refractivity contribution in [1.29, 1.82) is 0 Å². The molecule has 1 heterocycles. The predicted molar refractivity (Wildman–Crippen MR) is 131 cm³/mol. The van der Waals surface area contributed by atoms with Gasteiger partial charge in [0.15, 0.2) is 5.96 Å². The van der Waals surface area contributed by atoms with Crippen molar-refractivity contribution in [1.82, 2.24) is 15.6 Å². The third kappa shape index (κ3) is 6.95. The first-order valence-electron chi connectivity index (χ1n) is 9.90. The number of thiazole rings is 1. The summed E-state index contributed by atoms with van der Waals surface area (Å²) in [5, 5.41) is 10.7. The van der Waals surface area contributed by atoms with Gasteiger partial charge in [-0.1, -0.05) is 18.6 Å². The molecule has 3 rings (SSSR count).